The van der Waals surface area contributed by atoms with Crippen LogP contribution in [0.15, 0.2) is 48.0 Å². The maximum absolute atomic E-state index is 12.7. The number of ether oxygens (including phenoxy) is 3. The summed E-state index contributed by atoms with van der Waals surface area (Å²) < 4.78 is 17.6. The lowest BCUT2D eigenvalue weighted by Crippen LogP contribution is -2.52. The maximum Gasteiger partial charge on any atom is 0.247 e. The van der Waals surface area contributed by atoms with E-state index in [1.165, 1.54) is 7.11 Å². The van der Waals surface area contributed by atoms with Crippen LogP contribution in [0.5, 0.6) is 17.2 Å². The molecule has 2 aromatic carbocycles. The molecule has 194 valence electrons. The van der Waals surface area contributed by atoms with Crippen LogP contribution in [-0.2, 0) is 11.2 Å². The molecule has 0 aromatic heterocycles. The van der Waals surface area contributed by atoms with E-state index in [0.717, 1.165) is 17.6 Å². The minimum absolute atomic E-state index is 0.120. The quantitative estimate of drug-likeness (QED) is 0.212. The van der Waals surface area contributed by atoms with Crippen LogP contribution in [0.1, 0.15) is 22.3 Å². The maximum atomic E-state index is 12.7. The molecular formula is C26H31IN2O7. The van der Waals surface area contributed by atoms with Gasteiger partial charge in [-0.3, -0.25) is 9.59 Å². The molecule has 1 amide bonds. The second-order valence-electron chi connectivity index (χ2n) is 8.22. The minimum atomic E-state index is -0.969. The van der Waals surface area contributed by atoms with Gasteiger partial charge in [0.1, 0.15) is 24.2 Å². The zero-order valence-electron chi connectivity index (χ0n) is 20.2. The minimum Gasteiger partial charge on any atom is -0.496 e. The molecule has 0 saturated heterocycles. The summed E-state index contributed by atoms with van der Waals surface area (Å²) in [6.07, 6.45) is 1.43. The fourth-order valence-corrected chi connectivity index (χ4v) is 4.81. The second-order valence-corrected chi connectivity index (χ2v) is 9.39. The Bertz CT molecular complexity index is 1090. The van der Waals surface area contributed by atoms with Crippen molar-refractivity contribution in [2.75, 3.05) is 33.9 Å². The largest absolute Gasteiger partial charge is 0.496 e. The molecule has 3 atom stereocenters. The van der Waals surface area contributed by atoms with Crippen molar-refractivity contribution >= 4 is 34.8 Å². The number of benzene rings is 2. The molecule has 4 N–H and O–H groups in total. The van der Waals surface area contributed by atoms with E-state index in [1.807, 2.05) is 46.9 Å². The Balaban J connectivity index is 1.82. The van der Waals surface area contributed by atoms with Crippen molar-refractivity contribution < 1.29 is 34.0 Å². The number of rotatable bonds is 12. The van der Waals surface area contributed by atoms with E-state index in [2.05, 4.69) is 10.6 Å². The smallest absolute Gasteiger partial charge is 0.247 e. The van der Waals surface area contributed by atoms with Crippen LogP contribution in [0.25, 0.3) is 0 Å². The first-order valence-corrected chi connectivity index (χ1v) is 12.6. The SMILES string of the molecule is COc1ccccc1CCN[C@@H]1CC(C(=O)NCCO)=C[C@H](Oc2c(I)cc(C=O)cc2OC)[C@H]1O. The van der Waals surface area contributed by atoms with Crippen LogP contribution in [0.3, 0.4) is 0 Å². The third-order valence-corrected chi connectivity index (χ3v) is 6.68. The monoisotopic (exact) mass is 610 g/mol. The lowest BCUT2D eigenvalue weighted by Gasteiger charge is -2.34. The lowest BCUT2D eigenvalue weighted by atomic mass is 9.89. The van der Waals surface area contributed by atoms with E-state index in [-0.39, 0.29) is 25.5 Å². The topological polar surface area (TPSA) is 126 Å². The number of aliphatic hydroxyl groups is 2. The summed E-state index contributed by atoms with van der Waals surface area (Å²) in [6.45, 7) is 0.477. The number of aldehydes is 1. The summed E-state index contributed by atoms with van der Waals surface area (Å²) in [5.41, 5.74) is 1.90. The Morgan fingerprint density at radius 3 is 2.61 bits per heavy atom. The van der Waals surface area contributed by atoms with E-state index >= 15 is 0 Å². The predicted molar refractivity (Wildman–Crippen MR) is 143 cm³/mol. The third kappa shape index (κ3) is 6.96. The molecule has 1 aliphatic carbocycles. The first-order valence-electron chi connectivity index (χ1n) is 11.5. The van der Waals surface area contributed by atoms with Gasteiger partial charge < -0.3 is 35.1 Å². The molecule has 1 aliphatic rings. The number of hydrogen-bond donors (Lipinski definition) is 4. The number of halogens is 1. The molecule has 0 saturated carbocycles. The van der Waals surface area contributed by atoms with Gasteiger partial charge in [0.25, 0.3) is 0 Å². The third-order valence-electron chi connectivity index (χ3n) is 5.88. The Morgan fingerprint density at radius 1 is 1.17 bits per heavy atom. The molecule has 0 unspecified atom stereocenters. The summed E-state index contributed by atoms with van der Waals surface area (Å²) in [5.74, 6) is 1.17. The zero-order valence-corrected chi connectivity index (χ0v) is 22.4. The summed E-state index contributed by atoms with van der Waals surface area (Å²) in [7, 11) is 3.09. The highest BCUT2D eigenvalue weighted by Gasteiger charge is 2.36. The number of nitrogens with one attached hydrogen (secondary N) is 2. The average molecular weight is 610 g/mol. The van der Waals surface area contributed by atoms with Crippen molar-refractivity contribution in [3.63, 3.8) is 0 Å². The zero-order chi connectivity index (χ0) is 26.1. The Kier molecular flexibility index (Phi) is 10.5. The number of amides is 1. The van der Waals surface area contributed by atoms with Gasteiger partial charge in [0.15, 0.2) is 11.5 Å². The molecule has 36 heavy (non-hydrogen) atoms. The molecule has 10 heteroatoms. The molecule has 0 heterocycles. The van der Waals surface area contributed by atoms with Crippen LogP contribution in [0.2, 0.25) is 0 Å². The number of aliphatic hydroxyl groups excluding tert-OH is 2. The molecule has 9 nitrogen and oxygen atoms in total. The summed E-state index contributed by atoms with van der Waals surface area (Å²) in [4.78, 5) is 24.0. The van der Waals surface area contributed by atoms with Gasteiger partial charge in [-0.2, -0.15) is 0 Å². The first-order chi connectivity index (χ1) is 17.4. The standard InChI is InChI=1S/C26H31IN2O7/c1-34-21-6-4-3-5-17(21)7-8-28-20-13-18(26(33)29-9-10-30)14-22(24(20)32)36-25-19(27)11-16(15-31)12-23(25)35-2/h3-6,11-12,14-15,20,22,24,28,30,32H,7-10,13H2,1-2H3,(H,29,33)/t20-,22+,24+/m1/s1. The van der Waals surface area contributed by atoms with Crippen LogP contribution in [-0.4, -0.2) is 74.6 Å². The summed E-state index contributed by atoms with van der Waals surface area (Å²) in [5, 5.41) is 26.3. The van der Waals surface area contributed by atoms with Crippen molar-refractivity contribution in [3.05, 3.63) is 62.7 Å². The lowest BCUT2D eigenvalue weighted by molar-refractivity contribution is -0.118. The molecule has 0 bridgehead atoms. The highest BCUT2D eigenvalue weighted by Crippen LogP contribution is 2.36. The Morgan fingerprint density at radius 2 is 1.92 bits per heavy atom. The number of para-hydroxylation sites is 1. The molecule has 0 radical (unpaired) electrons. The van der Waals surface area contributed by atoms with Crippen LogP contribution >= 0.6 is 22.6 Å². The fraction of sp³-hybridized carbons (Fsp3) is 0.385. The predicted octanol–water partition coefficient (Wildman–Crippen LogP) is 1.87. The van der Waals surface area contributed by atoms with Crippen LogP contribution in [0, 0.1) is 3.57 Å². The van der Waals surface area contributed by atoms with E-state index in [1.54, 1.807) is 25.3 Å². The molecule has 0 fully saturated rings. The van der Waals surface area contributed by atoms with Gasteiger partial charge in [0, 0.05) is 23.7 Å². The molecule has 0 aliphatic heterocycles. The van der Waals surface area contributed by atoms with Crippen molar-refractivity contribution in [1.29, 1.82) is 0 Å². The highest BCUT2D eigenvalue weighted by atomic mass is 127. The van der Waals surface area contributed by atoms with Gasteiger partial charge in [-0.25, -0.2) is 0 Å². The molecule has 0 spiro atoms. The van der Waals surface area contributed by atoms with Crippen molar-refractivity contribution in [2.24, 2.45) is 0 Å². The van der Waals surface area contributed by atoms with Crippen molar-refractivity contribution in [2.45, 2.75) is 31.1 Å². The van der Waals surface area contributed by atoms with E-state index in [4.69, 9.17) is 19.3 Å². The number of carbonyl (C=O) groups excluding carboxylic acids is 2. The normalized spacial score (nSPS) is 19.2. The van der Waals surface area contributed by atoms with Gasteiger partial charge >= 0.3 is 0 Å². The second kappa shape index (κ2) is 13.6. The van der Waals surface area contributed by atoms with Crippen molar-refractivity contribution in [3.8, 4) is 17.2 Å². The highest BCUT2D eigenvalue weighted by molar-refractivity contribution is 14.1. The fourth-order valence-electron chi connectivity index (χ4n) is 4.06. The van der Waals surface area contributed by atoms with Gasteiger partial charge in [0.2, 0.25) is 5.91 Å². The van der Waals surface area contributed by atoms with E-state index < -0.39 is 18.2 Å². The van der Waals surface area contributed by atoms with E-state index in [0.29, 0.717) is 39.2 Å². The summed E-state index contributed by atoms with van der Waals surface area (Å²) in [6, 6.07) is 10.5. The van der Waals surface area contributed by atoms with Crippen LogP contribution in [0.4, 0.5) is 0 Å². The average Bonchev–Trinajstić information content (AvgIpc) is 2.90. The molecular weight excluding hydrogens is 579 g/mol. The van der Waals surface area contributed by atoms with E-state index in [9.17, 15) is 14.7 Å². The molecule has 2 aromatic rings. The van der Waals surface area contributed by atoms with Crippen molar-refractivity contribution in [1.82, 2.24) is 10.6 Å². The van der Waals surface area contributed by atoms with Gasteiger partial charge in [-0.1, -0.05) is 18.2 Å². The number of methoxy groups -OCH3 is 2. The van der Waals surface area contributed by atoms with Gasteiger partial charge in [-0.15, -0.1) is 0 Å². The number of carbonyl (C=O) groups is 2. The van der Waals surface area contributed by atoms with Crippen LogP contribution < -0.4 is 24.8 Å². The van der Waals surface area contributed by atoms with Gasteiger partial charge in [-0.05, 0) is 71.8 Å². The molecule has 3 rings (SSSR count). The first kappa shape index (κ1) is 27.9. The summed E-state index contributed by atoms with van der Waals surface area (Å²) >= 11 is 2.04. The Hall–Kier alpha value is -2.67. The Labute approximate surface area is 224 Å². The number of hydrogen-bond acceptors (Lipinski definition) is 8. The van der Waals surface area contributed by atoms with Gasteiger partial charge in [0.05, 0.1) is 24.4 Å².